The molecule has 0 spiro atoms. The van der Waals surface area contributed by atoms with Crippen molar-refractivity contribution in [3.63, 3.8) is 0 Å². The minimum Gasteiger partial charge on any atom is -0.481 e. The van der Waals surface area contributed by atoms with Crippen molar-refractivity contribution < 1.29 is 14.7 Å². The largest absolute Gasteiger partial charge is 0.481 e. The zero-order valence-corrected chi connectivity index (χ0v) is 15.1. The first kappa shape index (κ1) is 20.9. The van der Waals surface area contributed by atoms with Crippen LogP contribution in [0.5, 0.6) is 0 Å². The summed E-state index contributed by atoms with van der Waals surface area (Å²) in [5.41, 5.74) is 0.513. The molecule has 1 aromatic heterocycles. The number of amides is 1. The molecule has 2 N–H and O–H groups in total. The lowest BCUT2D eigenvalue weighted by molar-refractivity contribution is -0.137. The standard InChI is InChI=1S/C19H30N2O4/c1-16-11-10-14-21(19(16)25)15-17(22)20-13-9-7-5-3-2-4-6-8-12-18(23)24/h10-11,14H,2-9,12-13,15H2,1H3,(H,20,22)(H,23,24). The van der Waals surface area contributed by atoms with Gasteiger partial charge in [0.25, 0.3) is 5.56 Å². The maximum absolute atomic E-state index is 11.8. The number of aryl methyl sites for hydroxylation is 1. The van der Waals surface area contributed by atoms with Gasteiger partial charge in [0.1, 0.15) is 6.54 Å². The lowest BCUT2D eigenvalue weighted by Gasteiger charge is -2.08. The van der Waals surface area contributed by atoms with Crippen molar-refractivity contribution in [3.8, 4) is 0 Å². The van der Waals surface area contributed by atoms with Crippen molar-refractivity contribution in [2.75, 3.05) is 6.54 Å². The SMILES string of the molecule is Cc1cccn(CC(=O)NCCCCCCCCCCC(=O)O)c1=O. The smallest absolute Gasteiger partial charge is 0.303 e. The van der Waals surface area contributed by atoms with Crippen molar-refractivity contribution in [1.82, 2.24) is 9.88 Å². The summed E-state index contributed by atoms with van der Waals surface area (Å²) < 4.78 is 1.43. The number of aliphatic carboxylic acids is 1. The summed E-state index contributed by atoms with van der Waals surface area (Å²) >= 11 is 0. The lowest BCUT2D eigenvalue weighted by Crippen LogP contribution is -2.33. The Balaban J connectivity index is 1.99. The van der Waals surface area contributed by atoms with Gasteiger partial charge in [0.2, 0.25) is 5.91 Å². The van der Waals surface area contributed by atoms with Crippen LogP contribution >= 0.6 is 0 Å². The molecule has 140 valence electrons. The van der Waals surface area contributed by atoms with Gasteiger partial charge in [-0.05, 0) is 25.8 Å². The molecule has 0 bridgehead atoms. The Morgan fingerprint density at radius 2 is 1.64 bits per heavy atom. The van der Waals surface area contributed by atoms with E-state index in [0.29, 0.717) is 12.1 Å². The quantitative estimate of drug-likeness (QED) is 0.535. The molecule has 0 atom stereocenters. The van der Waals surface area contributed by atoms with Gasteiger partial charge in [0, 0.05) is 24.7 Å². The van der Waals surface area contributed by atoms with Gasteiger partial charge in [-0.1, -0.05) is 44.6 Å². The predicted molar refractivity (Wildman–Crippen MR) is 97.6 cm³/mol. The molecular weight excluding hydrogens is 320 g/mol. The number of unbranched alkanes of at least 4 members (excludes halogenated alkanes) is 7. The molecule has 0 aliphatic rings. The van der Waals surface area contributed by atoms with E-state index in [1.165, 1.54) is 4.57 Å². The second kappa shape index (κ2) is 12.3. The third kappa shape index (κ3) is 9.69. The third-order valence-electron chi connectivity index (χ3n) is 4.16. The molecule has 0 radical (unpaired) electrons. The number of nitrogens with one attached hydrogen (secondary N) is 1. The second-order valence-electron chi connectivity index (χ2n) is 6.45. The fourth-order valence-electron chi connectivity index (χ4n) is 2.68. The van der Waals surface area contributed by atoms with Crippen molar-refractivity contribution in [2.45, 2.75) is 71.3 Å². The van der Waals surface area contributed by atoms with Crippen LogP contribution in [0.2, 0.25) is 0 Å². The maximum atomic E-state index is 11.8. The fraction of sp³-hybridized carbons (Fsp3) is 0.632. The lowest BCUT2D eigenvalue weighted by atomic mass is 10.1. The highest BCUT2D eigenvalue weighted by Gasteiger charge is 2.04. The first-order valence-corrected chi connectivity index (χ1v) is 9.15. The topological polar surface area (TPSA) is 88.4 Å². The zero-order valence-electron chi connectivity index (χ0n) is 15.1. The number of carboxylic acids is 1. The summed E-state index contributed by atoms with van der Waals surface area (Å²) in [7, 11) is 0. The summed E-state index contributed by atoms with van der Waals surface area (Å²) in [4.78, 5) is 34.1. The third-order valence-corrected chi connectivity index (χ3v) is 4.16. The average Bonchev–Trinajstić information content (AvgIpc) is 2.56. The van der Waals surface area contributed by atoms with E-state index in [2.05, 4.69) is 5.32 Å². The van der Waals surface area contributed by atoms with Crippen LogP contribution in [0.15, 0.2) is 23.1 Å². The van der Waals surface area contributed by atoms with Crippen molar-refractivity contribution >= 4 is 11.9 Å². The molecule has 0 saturated carbocycles. The number of carboxylic acid groups (broad SMARTS) is 1. The molecule has 0 saturated heterocycles. The molecule has 0 aromatic carbocycles. The zero-order chi connectivity index (χ0) is 18.5. The molecule has 0 aliphatic heterocycles. The molecule has 25 heavy (non-hydrogen) atoms. The molecule has 1 amide bonds. The van der Waals surface area contributed by atoms with Gasteiger partial charge in [-0.25, -0.2) is 0 Å². The summed E-state index contributed by atoms with van der Waals surface area (Å²) in [5, 5.41) is 11.4. The van der Waals surface area contributed by atoms with E-state index >= 15 is 0 Å². The summed E-state index contributed by atoms with van der Waals surface area (Å²) in [6.07, 6.45) is 10.2. The Hall–Kier alpha value is -2.11. The maximum Gasteiger partial charge on any atom is 0.303 e. The number of hydrogen-bond acceptors (Lipinski definition) is 3. The monoisotopic (exact) mass is 350 g/mol. The molecule has 1 heterocycles. The molecule has 6 heteroatoms. The number of pyridine rings is 1. The molecule has 0 aliphatic carbocycles. The molecule has 0 fully saturated rings. The van der Waals surface area contributed by atoms with E-state index in [-0.39, 0.29) is 24.4 Å². The van der Waals surface area contributed by atoms with E-state index in [4.69, 9.17) is 5.11 Å². The van der Waals surface area contributed by atoms with Crippen LogP contribution in [0.25, 0.3) is 0 Å². The molecule has 1 aromatic rings. The summed E-state index contributed by atoms with van der Waals surface area (Å²) in [5.74, 6) is -0.847. The van der Waals surface area contributed by atoms with Crippen LogP contribution in [0.4, 0.5) is 0 Å². The second-order valence-corrected chi connectivity index (χ2v) is 6.45. The van der Waals surface area contributed by atoms with Crippen LogP contribution < -0.4 is 10.9 Å². The number of carbonyl (C=O) groups excluding carboxylic acids is 1. The van der Waals surface area contributed by atoms with Crippen LogP contribution in [0.1, 0.15) is 63.4 Å². The van der Waals surface area contributed by atoms with E-state index < -0.39 is 5.97 Å². The van der Waals surface area contributed by atoms with Crippen LogP contribution in [0, 0.1) is 6.92 Å². The number of hydrogen-bond donors (Lipinski definition) is 2. The first-order valence-electron chi connectivity index (χ1n) is 9.15. The first-order chi connectivity index (χ1) is 12.0. The van der Waals surface area contributed by atoms with Gasteiger partial charge >= 0.3 is 5.97 Å². The van der Waals surface area contributed by atoms with Gasteiger partial charge in [-0.2, -0.15) is 0 Å². The van der Waals surface area contributed by atoms with E-state index in [0.717, 1.165) is 51.4 Å². The Kier molecular flexibility index (Phi) is 10.3. The number of rotatable bonds is 13. The van der Waals surface area contributed by atoms with E-state index in [9.17, 15) is 14.4 Å². The fourth-order valence-corrected chi connectivity index (χ4v) is 2.68. The highest BCUT2D eigenvalue weighted by Crippen LogP contribution is 2.09. The Morgan fingerprint density at radius 1 is 1.04 bits per heavy atom. The number of nitrogens with zero attached hydrogens (tertiary/aromatic N) is 1. The van der Waals surface area contributed by atoms with Gasteiger partial charge < -0.3 is 15.0 Å². The molecule has 6 nitrogen and oxygen atoms in total. The van der Waals surface area contributed by atoms with Gasteiger partial charge in [-0.15, -0.1) is 0 Å². The van der Waals surface area contributed by atoms with Crippen LogP contribution in [-0.4, -0.2) is 28.1 Å². The normalized spacial score (nSPS) is 10.6. The van der Waals surface area contributed by atoms with Crippen molar-refractivity contribution in [3.05, 3.63) is 34.2 Å². The van der Waals surface area contributed by atoms with Gasteiger partial charge in [0.15, 0.2) is 0 Å². The van der Waals surface area contributed by atoms with Crippen molar-refractivity contribution in [2.24, 2.45) is 0 Å². The Morgan fingerprint density at radius 3 is 2.28 bits per heavy atom. The number of carbonyl (C=O) groups is 2. The van der Waals surface area contributed by atoms with Gasteiger partial charge in [-0.3, -0.25) is 14.4 Å². The average molecular weight is 350 g/mol. The Bertz CT molecular complexity index is 595. The van der Waals surface area contributed by atoms with Crippen molar-refractivity contribution in [1.29, 1.82) is 0 Å². The molecule has 0 unspecified atom stereocenters. The molecular formula is C19H30N2O4. The van der Waals surface area contributed by atoms with Crippen LogP contribution in [0.3, 0.4) is 0 Å². The highest BCUT2D eigenvalue weighted by atomic mass is 16.4. The minimum absolute atomic E-state index is 0.0663. The number of aromatic nitrogens is 1. The van der Waals surface area contributed by atoms with E-state index in [1.807, 2.05) is 0 Å². The summed E-state index contributed by atoms with van der Waals surface area (Å²) in [6.45, 7) is 2.44. The van der Waals surface area contributed by atoms with Gasteiger partial charge in [0.05, 0.1) is 0 Å². The minimum atomic E-state index is -0.714. The summed E-state index contributed by atoms with van der Waals surface area (Å²) in [6, 6.07) is 3.51. The highest BCUT2D eigenvalue weighted by molar-refractivity contribution is 5.75. The van der Waals surface area contributed by atoms with Crippen LogP contribution in [-0.2, 0) is 16.1 Å². The van der Waals surface area contributed by atoms with E-state index in [1.54, 1.807) is 25.3 Å². The predicted octanol–water partition coefficient (Wildman–Crippen LogP) is 2.87. The molecule has 1 rings (SSSR count). The Labute approximate surface area is 149 Å².